The Kier molecular flexibility index (Phi) is 9.58. The van der Waals surface area contributed by atoms with E-state index in [1.807, 2.05) is 79.7 Å². The van der Waals surface area contributed by atoms with Crippen molar-refractivity contribution in [3.63, 3.8) is 0 Å². The van der Waals surface area contributed by atoms with E-state index in [2.05, 4.69) is 13.1 Å². The summed E-state index contributed by atoms with van der Waals surface area (Å²) < 4.78 is 12.6. The van der Waals surface area contributed by atoms with Crippen molar-refractivity contribution in [3.05, 3.63) is 123 Å². The van der Waals surface area contributed by atoms with E-state index in [-0.39, 0.29) is 48.5 Å². The molecular formula is C43H46N4O8Si. The molecule has 1 spiro atoms. The molecule has 56 heavy (non-hydrogen) atoms. The van der Waals surface area contributed by atoms with Gasteiger partial charge in [0.25, 0.3) is 11.6 Å². The molecular weight excluding hydrogens is 729 g/mol. The van der Waals surface area contributed by atoms with Gasteiger partial charge in [0.15, 0.2) is 5.60 Å². The Morgan fingerprint density at radius 3 is 2.43 bits per heavy atom. The average Bonchev–Trinajstić information content (AvgIpc) is 3.62. The zero-order valence-corrected chi connectivity index (χ0v) is 33.0. The van der Waals surface area contributed by atoms with Crippen LogP contribution in [0.1, 0.15) is 42.0 Å². The maximum atomic E-state index is 15.3. The van der Waals surface area contributed by atoms with E-state index in [0.717, 1.165) is 27.6 Å². The van der Waals surface area contributed by atoms with Crippen molar-refractivity contribution in [2.24, 2.45) is 5.92 Å². The second-order valence-electron chi connectivity index (χ2n) is 16.0. The van der Waals surface area contributed by atoms with E-state index in [1.54, 1.807) is 27.9 Å². The summed E-state index contributed by atoms with van der Waals surface area (Å²) in [5.74, 6) is -0.272. The van der Waals surface area contributed by atoms with Gasteiger partial charge in [-0.05, 0) is 59.0 Å². The predicted molar refractivity (Wildman–Crippen MR) is 213 cm³/mol. The van der Waals surface area contributed by atoms with Crippen LogP contribution in [0.4, 0.5) is 17.1 Å². The maximum Gasteiger partial charge on any atom is 0.269 e. The van der Waals surface area contributed by atoms with Crippen molar-refractivity contribution in [2.45, 2.75) is 75.7 Å². The molecule has 0 aromatic heterocycles. The second-order valence-corrected chi connectivity index (χ2v) is 20.7. The zero-order valence-electron chi connectivity index (χ0n) is 32.0. The van der Waals surface area contributed by atoms with Crippen LogP contribution in [0.15, 0.2) is 91.0 Å². The van der Waals surface area contributed by atoms with Crippen LogP contribution in [-0.2, 0) is 44.2 Å². The summed E-state index contributed by atoms with van der Waals surface area (Å²) in [5, 5.41) is 23.8. The van der Waals surface area contributed by atoms with Crippen molar-refractivity contribution in [1.29, 1.82) is 0 Å². The lowest BCUT2D eigenvalue weighted by Crippen LogP contribution is -2.52. The van der Waals surface area contributed by atoms with Crippen LogP contribution in [0.2, 0.25) is 18.6 Å². The first-order chi connectivity index (χ1) is 26.9. The van der Waals surface area contributed by atoms with E-state index < -0.39 is 36.7 Å². The largest absolute Gasteiger partial charge is 0.497 e. The SMILES string of the molecule is COc1ccc([Si](C)(C)[C@@H]2[C@@H](CC(=O)N3Cc4ccccc4C[C@H]3CO)O[C@]3(C(=O)N(Cc4cccc(N5CCC5=O)c4)c4ccc([N+](=O)[O-])cc43)[C@H]2C)cc1. The highest BCUT2D eigenvalue weighted by Gasteiger charge is 2.67. The fourth-order valence-corrected chi connectivity index (χ4v) is 13.7. The minimum Gasteiger partial charge on any atom is -0.497 e. The lowest BCUT2D eigenvalue weighted by atomic mass is 9.82. The molecule has 1 N–H and O–H groups in total. The Morgan fingerprint density at radius 1 is 1.02 bits per heavy atom. The Morgan fingerprint density at radius 2 is 1.77 bits per heavy atom. The van der Waals surface area contributed by atoms with Crippen molar-refractivity contribution >= 4 is 48.0 Å². The molecule has 4 aliphatic rings. The van der Waals surface area contributed by atoms with Gasteiger partial charge in [-0.25, -0.2) is 0 Å². The summed E-state index contributed by atoms with van der Waals surface area (Å²) >= 11 is 0. The average molecular weight is 775 g/mol. The number of rotatable bonds is 10. The molecule has 3 amide bonds. The molecule has 4 aromatic carbocycles. The first kappa shape index (κ1) is 37.5. The normalized spacial score (nSPS) is 24.3. The van der Waals surface area contributed by atoms with Crippen LogP contribution >= 0.6 is 0 Å². The van der Waals surface area contributed by atoms with Gasteiger partial charge in [0.1, 0.15) is 5.75 Å². The smallest absolute Gasteiger partial charge is 0.269 e. The number of ether oxygens (including phenoxy) is 2. The molecule has 0 bridgehead atoms. The molecule has 2 saturated heterocycles. The van der Waals surface area contributed by atoms with Gasteiger partial charge < -0.3 is 29.3 Å². The lowest BCUT2D eigenvalue weighted by Gasteiger charge is -2.39. The minimum absolute atomic E-state index is 0.0363. The molecule has 4 heterocycles. The third-order valence-electron chi connectivity index (χ3n) is 12.7. The second kappa shape index (κ2) is 14.3. The number of fused-ring (bicyclic) bond motifs is 3. The van der Waals surface area contributed by atoms with Crippen LogP contribution in [0.5, 0.6) is 5.75 Å². The Hall–Kier alpha value is -5.37. The van der Waals surface area contributed by atoms with E-state index >= 15 is 4.79 Å². The van der Waals surface area contributed by atoms with E-state index in [9.17, 15) is 24.8 Å². The number of anilines is 2. The molecule has 4 aliphatic heterocycles. The molecule has 4 aromatic rings. The number of nitrogens with zero attached hydrogens (tertiary/aromatic N) is 4. The van der Waals surface area contributed by atoms with Crippen LogP contribution in [0.25, 0.3) is 0 Å². The third-order valence-corrected chi connectivity index (χ3v) is 17.1. The number of carbonyl (C=O) groups is 3. The summed E-state index contributed by atoms with van der Waals surface area (Å²) in [6, 6.07) is 27.5. The van der Waals surface area contributed by atoms with E-state index in [1.165, 1.54) is 12.1 Å². The molecule has 2 fully saturated rings. The molecule has 0 radical (unpaired) electrons. The number of nitro groups is 1. The number of non-ortho nitro benzene ring substituents is 1. The maximum absolute atomic E-state index is 15.3. The molecule has 5 atom stereocenters. The van der Waals surface area contributed by atoms with Crippen LogP contribution in [0.3, 0.4) is 0 Å². The quantitative estimate of drug-likeness (QED) is 0.0973. The zero-order chi connectivity index (χ0) is 39.5. The number of methoxy groups -OCH3 is 1. The summed E-state index contributed by atoms with van der Waals surface area (Å²) in [6.07, 6.45) is 0.253. The summed E-state index contributed by atoms with van der Waals surface area (Å²) in [4.78, 5) is 59.0. The van der Waals surface area contributed by atoms with Gasteiger partial charge in [-0.2, -0.15) is 0 Å². The van der Waals surface area contributed by atoms with Gasteiger partial charge in [0.2, 0.25) is 11.8 Å². The Labute approximate surface area is 326 Å². The van der Waals surface area contributed by atoms with Gasteiger partial charge >= 0.3 is 0 Å². The molecule has 0 unspecified atom stereocenters. The van der Waals surface area contributed by atoms with Crippen molar-refractivity contribution in [1.82, 2.24) is 4.90 Å². The van der Waals surface area contributed by atoms with Crippen LogP contribution < -0.4 is 19.7 Å². The molecule has 8 rings (SSSR count). The van der Waals surface area contributed by atoms with E-state index in [0.29, 0.717) is 42.9 Å². The standard InChI is InChI=1S/C43H46N4O8Si/c1-27-41(56(3,4)35-15-13-34(54-2)14-16-35)38(23-40(50)45-25-30-10-6-5-9-29(30)21-33(45)26-48)55-43(27)36-22-32(47(52)53)12-17-37(36)46(42(43)51)24-28-8-7-11-31(20-28)44-19-18-39(44)49/h5-17,20,22,27,33,38,41,48H,18-19,21,23-26H2,1-4H3/t27-,33-,38+,41-,43+/m0/s1. The molecule has 12 nitrogen and oxygen atoms in total. The summed E-state index contributed by atoms with van der Waals surface area (Å²) in [7, 11) is -1.04. The topological polar surface area (TPSA) is 143 Å². The summed E-state index contributed by atoms with van der Waals surface area (Å²) in [6.45, 7) is 7.36. The van der Waals surface area contributed by atoms with Gasteiger partial charge in [0, 0.05) is 48.8 Å². The fourth-order valence-electron chi connectivity index (χ4n) is 9.70. The number of benzene rings is 4. The monoisotopic (exact) mass is 774 g/mol. The molecule has 0 saturated carbocycles. The summed E-state index contributed by atoms with van der Waals surface area (Å²) in [5.41, 5.74) is 2.53. The number of aliphatic hydroxyl groups excluding tert-OH is 1. The first-order valence-electron chi connectivity index (χ1n) is 19.2. The number of hydrogen-bond acceptors (Lipinski definition) is 8. The minimum atomic E-state index is -2.65. The number of carbonyl (C=O) groups excluding carboxylic acids is 3. The fraction of sp³-hybridized carbons (Fsp3) is 0.372. The highest BCUT2D eigenvalue weighted by molar-refractivity contribution is 6.91. The van der Waals surface area contributed by atoms with E-state index in [4.69, 9.17) is 9.47 Å². The van der Waals surface area contributed by atoms with Gasteiger partial charge in [-0.1, -0.05) is 73.7 Å². The number of β-lactam (4-membered cyclic amide) rings is 1. The number of aliphatic hydroxyl groups is 1. The van der Waals surface area contributed by atoms with Crippen molar-refractivity contribution in [3.8, 4) is 5.75 Å². The highest BCUT2D eigenvalue weighted by Crippen LogP contribution is 2.60. The molecule has 13 heteroatoms. The third kappa shape index (κ3) is 6.09. The Bertz CT molecular complexity index is 2230. The Balaban J connectivity index is 1.21. The number of amides is 3. The van der Waals surface area contributed by atoms with Crippen molar-refractivity contribution in [2.75, 3.05) is 30.1 Å². The first-order valence-corrected chi connectivity index (χ1v) is 22.2. The van der Waals surface area contributed by atoms with Crippen molar-refractivity contribution < 1.29 is 33.9 Å². The van der Waals surface area contributed by atoms with Gasteiger partial charge in [-0.3, -0.25) is 24.5 Å². The van der Waals surface area contributed by atoms with Gasteiger partial charge in [0.05, 0.1) is 57.5 Å². The molecule has 0 aliphatic carbocycles. The number of hydrogen-bond donors (Lipinski definition) is 1. The van der Waals surface area contributed by atoms with Gasteiger partial charge in [-0.15, -0.1) is 0 Å². The predicted octanol–water partition coefficient (Wildman–Crippen LogP) is 5.44. The van der Waals surface area contributed by atoms with Crippen LogP contribution in [0, 0.1) is 16.0 Å². The molecule has 290 valence electrons. The number of nitro benzene ring substituents is 1. The highest BCUT2D eigenvalue weighted by atomic mass is 28.3. The lowest BCUT2D eigenvalue weighted by molar-refractivity contribution is -0.385. The van der Waals surface area contributed by atoms with Crippen LogP contribution in [-0.4, -0.2) is 73.1 Å².